The number of nitrogens with one attached hydrogen (secondary N) is 1. The molecule has 2 nitrogen and oxygen atoms in total. The van der Waals surface area contributed by atoms with E-state index in [2.05, 4.69) is 5.32 Å². The highest BCUT2D eigenvalue weighted by Crippen LogP contribution is 2.17. The topological polar surface area (TPSA) is 29.1 Å². The standard InChI is InChI=1S/C17H18ClNO/c1-12-6-7-13(2)16(10-12)19-17(20)9-8-14-4-3-5-15(18)11-14/h3-7,10-11H,8-9H2,1-2H3,(H,19,20). The Morgan fingerprint density at radius 3 is 2.70 bits per heavy atom. The molecule has 0 saturated heterocycles. The lowest BCUT2D eigenvalue weighted by Gasteiger charge is -2.09. The molecule has 1 amide bonds. The maximum atomic E-state index is 12.0. The number of amides is 1. The number of carbonyl (C=O) groups excluding carboxylic acids is 1. The van der Waals surface area contributed by atoms with Crippen molar-refractivity contribution in [3.63, 3.8) is 0 Å². The van der Waals surface area contributed by atoms with Gasteiger partial charge in [-0.25, -0.2) is 0 Å². The number of anilines is 1. The van der Waals surface area contributed by atoms with Gasteiger partial charge >= 0.3 is 0 Å². The Kier molecular flexibility index (Phi) is 4.80. The van der Waals surface area contributed by atoms with E-state index in [4.69, 9.17) is 11.6 Å². The van der Waals surface area contributed by atoms with E-state index in [1.807, 2.05) is 56.3 Å². The molecule has 1 N–H and O–H groups in total. The number of halogens is 1. The summed E-state index contributed by atoms with van der Waals surface area (Å²) >= 11 is 5.93. The summed E-state index contributed by atoms with van der Waals surface area (Å²) in [6.07, 6.45) is 1.14. The van der Waals surface area contributed by atoms with Gasteiger partial charge in [-0.05, 0) is 55.2 Å². The quantitative estimate of drug-likeness (QED) is 0.879. The van der Waals surface area contributed by atoms with Gasteiger partial charge in [0.05, 0.1) is 0 Å². The highest BCUT2D eigenvalue weighted by molar-refractivity contribution is 6.30. The van der Waals surface area contributed by atoms with Gasteiger partial charge in [-0.2, -0.15) is 0 Å². The molecule has 0 bridgehead atoms. The van der Waals surface area contributed by atoms with Crippen LogP contribution in [-0.2, 0) is 11.2 Å². The van der Waals surface area contributed by atoms with Gasteiger partial charge in [-0.1, -0.05) is 35.9 Å². The third-order valence-electron chi connectivity index (χ3n) is 3.20. The van der Waals surface area contributed by atoms with Gasteiger partial charge in [-0.15, -0.1) is 0 Å². The van der Waals surface area contributed by atoms with Crippen LogP contribution in [0.4, 0.5) is 5.69 Å². The molecule has 0 spiro atoms. The van der Waals surface area contributed by atoms with Gasteiger partial charge in [-0.3, -0.25) is 4.79 Å². The fraction of sp³-hybridized carbons (Fsp3) is 0.235. The van der Waals surface area contributed by atoms with Gasteiger partial charge in [0, 0.05) is 17.1 Å². The third kappa shape index (κ3) is 4.10. The van der Waals surface area contributed by atoms with Crippen LogP contribution in [-0.4, -0.2) is 5.91 Å². The van der Waals surface area contributed by atoms with Crippen molar-refractivity contribution in [2.24, 2.45) is 0 Å². The number of carbonyl (C=O) groups is 1. The number of aryl methyl sites for hydroxylation is 3. The monoisotopic (exact) mass is 287 g/mol. The summed E-state index contributed by atoms with van der Waals surface area (Å²) in [7, 11) is 0. The normalized spacial score (nSPS) is 10.3. The maximum absolute atomic E-state index is 12.0. The molecule has 0 aromatic heterocycles. The Morgan fingerprint density at radius 2 is 1.95 bits per heavy atom. The van der Waals surface area contributed by atoms with E-state index in [9.17, 15) is 4.79 Å². The highest BCUT2D eigenvalue weighted by atomic mass is 35.5. The summed E-state index contributed by atoms with van der Waals surface area (Å²) in [4.78, 5) is 12.0. The number of rotatable bonds is 4. The molecule has 0 saturated carbocycles. The minimum atomic E-state index is 0.0266. The van der Waals surface area contributed by atoms with Gasteiger partial charge in [0.25, 0.3) is 0 Å². The van der Waals surface area contributed by atoms with Crippen molar-refractivity contribution >= 4 is 23.2 Å². The first-order valence-corrected chi connectivity index (χ1v) is 7.04. The zero-order valence-corrected chi connectivity index (χ0v) is 12.5. The summed E-state index contributed by atoms with van der Waals surface area (Å²) in [5.74, 6) is 0.0266. The summed E-state index contributed by atoms with van der Waals surface area (Å²) in [5.41, 5.74) is 4.18. The predicted octanol–water partition coefficient (Wildman–Crippen LogP) is 4.53. The number of hydrogen-bond donors (Lipinski definition) is 1. The Hall–Kier alpha value is -1.80. The molecule has 2 aromatic carbocycles. The molecule has 104 valence electrons. The van der Waals surface area contributed by atoms with E-state index in [0.29, 0.717) is 17.9 Å². The number of benzene rings is 2. The van der Waals surface area contributed by atoms with E-state index in [0.717, 1.165) is 22.4 Å². The summed E-state index contributed by atoms with van der Waals surface area (Å²) in [6, 6.07) is 13.7. The molecule has 0 atom stereocenters. The second-order valence-electron chi connectivity index (χ2n) is 5.00. The van der Waals surface area contributed by atoms with Crippen molar-refractivity contribution in [2.45, 2.75) is 26.7 Å². The fourth-order valence-corrected chi connectivity index (χ4v) is 2.25. The first-order chi connectivity index (χ1) is 9.54. The predicted molar refractivity (Wildman–Crippen MR) is 84.3 cm³/mol. The maximum Gasteiger partial charge on any atom is 0.224 e. The lowest BCUT2D eigenvalue weighted by atomic mass is 10.1. The third-order valence-corrected chi connectivity index (χ3v) is 3.43. The van der Waals surface area contributed by atoms with Crippen LogP contribution in [0, 0.1) is 13.8 Å². The van der Waals surface area contributed by atoms with Crippen LogP contribution >= 0.6 is 11.6 Å². The molecular weight excluding hydrogens is 270 g/mol. The Balaban J connectivity index is 1.94. The summed E-state index contributed by atoms with van der Waals surface area (Å²) in [5, 5.41) is 3.67. The number of hydrogen-bond acceptors (Lipinski definition) is 1. The largest absolute Gasteiger partial charge is 0.326 e. The molecule has 0 aliphatic rings. The first-order valence-electron chi connectivity index (χ1n) is 6.66. The van der Waals surface area contributed by atoms with E-state index >= 15 is 0 Å². The van der Waals surface area contributed by atoms with Gasteiger partial charge in [0.2, 0.25) is 5.91 Å². The molecule has 3 heteroatoms. The fourth-order valence-electron chi connectivity index (χ4n) is 2.03. The minimum absolute atomic E-state index is 0.0266. The van der Waals surface area contributed by atoms with E-state index in [1.54, 1.807) is 0 Å². The Morgan fingerprint density at radius 1 is 1.15 bits per heavy atom. The molecule has 0 fully saturated rings. The average molecular weight is 288 g/mol. The van der Waals surface area contributed by atoms with Crippen LogP contribution in [0.25, 0.3) is 0 Å². The molecule has 0 heterocycles. The van der Waals surface area contributed by atoms with Crippen LogP contribution in [0.15, 0.2) is 42.5 Å². The molecular formula is C17H18ClNO. The Bertz CT molecular complexity index is 622. The van der Waals surface area contributed by atoms with Crippen LogP contribution in [0.1, 0.15) is 23.1 Å². The molecule has 2 aromatic rings. The zero-order valence-electron chi connectivity index (χ0n) is 11.7. The van der Waals surface area contributed by atoms with Crippen molar-refractivity contribution < 1.29 is 4.79 Å². The summed E-state index contributed by atoms with van der Waals surface area (Å²) in [6.45, 7) is 4.01. The minimum Gasteiger partial charge on any atom is -0.326 e. The Labute approximate surface area is 124 Å². The second kappa shape index (κ2) is 6.58. The summed E-state index contributed by atoms with van der Waals surface area (Å²) < 4.78 is 0. The van der Waals surface area contributed by atoms with Gasteiger partial charge < -0.3 is 5.32 Å². The molecule has 0 aliphatic carbocycles. The highest BCUT2D eigenvalue weighted by Gasteiger charge is 2.06. The van der Waals surface area contributed by atoms with Gasteiger partial charge in [0.15, 0.2) is 0 Å². The lowest BCUT2D eigenvalue weighted by molar-refractivity contribution is -0.116. The van der Waals surface area contributed by atoms with E-state index in [1.165, 1.54) is 0 Å². The van der Waals surface area contributed by atoms with Crippen molar-refractivity contribution in [3.05, 3.63) is 64.2 Å². The van der Waals surface area contributed by atoms with E-state index in [-0.39, 0.29) is 5.91 Å². The first kappa shape index (κ1) is 14.6. The molecule has 2 rings (SSSR count). The van der Waals surface area contributed by atoms with Crippen LogP contribution in [0.3, 0.4) is 0 Å². The van der Waals surface area contributed by atoms with Crippen molar-refractivity contribution in [2.75, 3.05) is 5.32 Å². The van der Waals surface area contributed by atoms with Gasteiger partial charge in [0.1, 0.15) is 0 Å². The van der Waals surface area contributed by atoms with Crippen molar-refractivity contribution in [1.29, 1.82) is 0 Å². The molecule has 0 radical (unpaired) electrons. The van der Waals surface area contributed by atoms with Crippen molar-refractivity contribution in [3.8, 4) is 0 Å². The smallest absolute Gasteiger partial charge is 0.224 e. The molecule has 0 aliphatic heterocycles. The van der Waals surface area contributed by atoms with Crippen LogP contribution < -0.4 is 5.32 Å². The SMILES string of the molecule is Cc1ccc(C)c(NC(=O)CCc2cccc(Cl)c2)c1. The van der Waals surface area contributed by atoms with Crippen LogP contribution in [0.5, 0.6) is 0 Å². The molecule has 20 heavy (non-hydrogen) atoms. The second-order valence-corrected chi connectivity index (χ2v) is 5.43. The lowest BCUT2D eigenvalue weighted by Crippen LogP contribution is -2.13. The van der Waals surface area contributed by atoms with Crippen molar-refractivity contribution in [1.82, 2.24) is 0 Å². The van der Waals surface area contributed by atoms with E-state index < -0.39 is 0 Å². The average Bonchev–Trinajstić information content (AvgIpc) is 2.41. The molecule has 0 unspecified atom stereocenters. The van der Waals surface area contributed by atoms with Crippen LogP contribution in [0.2, 0.25) is 5.02 Å². The zero-order chi connectivity index (χ0) is 14.5.